The zero-order chi connectivity index (χ0) is 20.1. The largest absolute Gasteiger partial charge is 0.320 e. The first-order valence-electron chi connectivity index (χ1n) is 9.57. The van der Waals surface area contributed by atoms with Crippen LogP contribution in [0.15, 0.2) is 24.3 Å². The lowest BCUT2D eigenvalue weighted by atomic mass is 10.3. The summed E-state index contributed by atoms with van der Waals surface area (Å²) in [5.74, 6) is -0.333. The highest BCUT2D eigenvalue weighted by Gasteiger charge is 2.41. The molecule has 3 N–H and O–H groups in total. The molecule has 27 heavy (non-hydrogen) atoms. The smallest absolute Gasteiger partial charge is 0.171 e. The lowest BCUT2D eigenvalue weighted by Crippen LogP contribution is -2.32. The molecule has 2 atom stereocenters. The fourth-order valence-electron chi connectivity index (χ4n) is 3.00. The maximum atomic E-state index is 14.4. The van der Waals surface area contributed by atoms with Crippen LogP contribution in [0.4, 0.5) is 0 Å². The van der Waals surface area contributed by atoms with Crippen LogP contribution in [0.2, 0.25) is 0 Å². The molecule has 0 aliphatic heterocycles. The Kier molecular flexibility index (Phi) is 8.54. The van der Waals surface area contributed by atoms with Gasteiger partial charge in [0.1, 0.15) is 0 Å². The lowest BCUT2D eigenvalue weighted by molar-refractivity contribution is 0.545. The predicted molar refractivity (Wildman–Crippen MR) is 123 cm³/mol. The zero-order valence-electron chi connectivity index (χ0n) is 16.7. The molecule has 0 aromatic carbocycles. The minimum Gasteiger partial charge on any atom is -0.320 e. The molecule has 2 heterocycles. The fraction of sp³-hybridized carbons (Fsp3) is 0.579. The number of nitrogens with one attached hydrogen (secondary N) is 1. The van der Waals surface area contributed by atoms with Crippen molar-refractivity contribution in [2.45, 2.75) is 59.2 Å². The second kappa shape index (κ2) is 10.0. The normalized spacial score (nSPS) is 15.6. The van der Waals surface area contributed by atoms with Crippen LogP contribution in [-0.2, 0) is 9.13 Å². The Bertz CT molecular complexity index is 787. The van der Waals surface area contributed by atoms with Gasteiger partial charge in [0.15, 0.2) is 14.4 Å². The van der Waals surface area contributed by atoms with Crippen molar-refractivity contribution >= 4 is 46.3 Å². The molecular weight excluding hydrogens is 414 g/mol. The highest BCUT2D eigenvalue weighted by Crippen LogP contribution is 2.61. The van der Waals surface area contributed by atoms with Crippen LogP contribution >= 0.6 is 37.1 Å². The third-order valence-corrected chi connectivity index (χ3v) is 15.6. The molecule has 0 bridgehead atoms. The molecule has 152 valence electrons. The topological polar surface area (TPSA) is 72.2 Å². The van der Waals surface area contributed by atoms with Gasteiger partial charge in [-0.2, -0.15) is 0 Å². The lowest BCUT2D eigenvalue weighted by Gasteiger charge is -2.29. The van der Waals surface area contributed by atoms with Crippen LogP contribution in [0.5, 0.6) is 0 Å². The van der Waals surface area contributed by atoms with E-state index in [-0.39, 0.29) is 5.90 Å². The Morgan fingerprint density at radius 2 is 1.56 bits per heavy atom. The van der Waals surface area contributed by atoms with Crippen molar-refractivity contribution < 1.29 is 9.13 Å². The van der Waals surface area contributed by atoms with Crippen LogP contribution in [0, 0.1) is 13.8 Å². The predicted octanol–water partition coefficient (Wildman–Crippen LogP) is 5.45. The first kappa shape index (κ1) is 23.1. The van der Waals surface area contributed by atoms with Crippen LogP contribution in [0.1, 0.15) is 49.3 Å². The zero-order valence-corrected chi connectivity index (χ0v) is 20.2. The van der Waals surface area contributed by atoms with E-state index in [0.717, 1.165) is 38.3 Å². The molecule has 4 nitrogen and oxygen atoms in total. The van der Waals surface area contributed by atoms with Crippen molar-refractivity contribution in [2.75, 3.05) is 12.4 Å². The van der Waals surface area contributed by atoms with Crippen LogP contribution in [-0.4, -0.2) is 18.2 Å². The van der Waals surface area contributed by atoms with Gasteiger partial charge in [-0.05, 0) is 51.0 Å². The van der Waals surface area contributed by atoms with Gasteiger partial charge in [0.2, 0.25) is 0 Å². The highest BCUT2D eigenvalue weighted by atomic mass is 32.1. The van der Waals surface area contributed by atoms with Crippen molar-refractivity contribution in [3.63, 3.8) is 0 Å². The molecule has 0 amide bonds. The van der Waals surface area contributed by atoms with E-state index < -0.39 is 20.2 Å². The minimum atomic E-state index is -3.01. The van der Waals surface area contributed by atoms with Gasteiger partial charge in [0.05, 0.1) is 20.9 Å². The summed E-state index contributed by atoms with van der Waals surface area (Å²) in [4.78, 5) is 2.23. The SMILES string of the molecule is CCCCNP(=O)(CP(=O)(c1ccc(C)s1)c1ccc(C)s1)C(N)CCC. The Labute approximate surface area is 171 Å². The number of nitrogens with two attached hydrogens (primary N) is 1. The monoisotopic (exact) mass is 446 g/mol. The van der Waals surface area contributed by atoms with Crippen molar-refractivity contribution in [1.82, 2.24) is 5.09 Å². The van der Waals surface area contributed by atoms with Crippen LogP contribution < -0.4 is 20.1 Å². The molecular formula is C19H32N2O2P2S2. The van der Waals surface area contributed by atoms with Gasteiger partial charge >= 0.3 is 0 Å². The van der Waals surface area contributed by atoms with Gasteiger partial charge in [-0.1, -0.05) is 26.7 Å². The molecule has 0 aliphatic carbocycles. The van der Waals surface area contributed by atoms with Gasteiger partial charge in [-0.25, -0.2) is 0 Å². The Morgan fingerprint density at radius 3 is 1.96 bits per heavy atom. The van der Waals surface area contributed by atoms with Gasteiger partial charge in [-0.15, -0.1) is 22.7 Å². The number of unbranched alkanes of at least 4 members (excludes halogenated alkanes) is 1. The number of thiophene rings is 2. The molecule has 0 spiro atoms. The third-order valence-electron chi connectivity index (χ3n) is 4.60. The average molecular weight is 447 g/mol. The summed E-state index contributed by atoms with van der Waals surface area (Å²) in [6.07, 6.45) is 3.48. The van der Waals surface area contributed by atoms with Gasteiger partial charge in [0.25, 0.3) is 0 Å². The number of hydrogen-bond donors (Lipinski definition) is 2. The Balaban J connectivity index is 2.46. The van der Waals surface area contributed by atoms with E-state index in [1.54, 1.807) is 22.7 Å². The van der Waals surface area contributed by atoms with E-state index in [1.165, 1.54) is 0 Å². The number of aryl methyl sites for hydroxylation is 2. The summed E-state index contributed by atoms with van der Waals surface area (Å²) in [7, 11) is -6.01. The first-order chi connectivity index (χ1) is 12.7. The second-order valence-corrected chi connectivity index (χ2v) is 16.4. The average Bonchev–Trinajstić information content (AvgIpc) is 3.24. The molecule has 8 heteroatoms. The quantitative estimate of drug-likeness (QED) is 0.356. The molecule has 2 aromatic rings. The van der Waals surface area contributed by atoms with Gasteiger partial charge < -0.3 is 14.9 Å². The summed E-state index contributed by atoms with van der Waals surface area (Å²) < 4.78 is 30.0. The maximum Gasteiger partial charge on any atom is 0.171 e. The van der Waals surface area contributed by atoms with E-state index >= 15 is 0 Å². The molecule has 2 unspecified atom stereocenters. The van der Waals surface area contributed by atoms with E-state index in [9.17, 15) is 9.13 Å². The number of hydrogen-bond acceptors (Lipinski definition) is 5. The van der Waals surface area contributed by atoms with E-state index in [1.807, 2.05) is 45.0 Å². The van der Waals surface area contributed by atoms with Gasteiger partial charge in [0, 0.05) is 16.3 Å². The molecule has 0 saturated carbocycles. The highest BCUT2D eigenvalue weighted by molar-refractivity contribution is 7.93. The van der Waals surface area contributed by atoms with Crippen LogP contribution in [0.3, 0.4) is 0 Å². The maximum absolute atomic E-state index is 14.4. The molecule has 0 radical (unpaired) electrons. The van der Waals surface area contributed by atoms with Crippen LogP contribution in [0.25, 0.3) is 0 Å². The van der Waals surface area contributed by atoms with Crippen molar-refractivity contribution in [2.24, 2.45) is 5.73 Å². The fourth-order valence-corrected chi connectivity index (χ4v) is 15.1. The minimum absolute atomic E-state index is 0.130. The first-order valence-corrected chi connectivity index (χ1v) is 15.1. The number of rotatable bonds is 11. The summed E-state index contributed by atoms with van der Waals surface area (Å²) in [5.41, 5.74) is 6.38. The van der Waals surface area contributed by atoms with Crippen molar-refractivity contribution in [3.05, 3.63) is 34.0 Å². The summed E-state index contributed by atoms with van der Waals surface area (Å²) >= 11 is 3.09. The Morgan fingerprint density at radius 1 is 1.00 bits per heavy atom. The third kappa shape index (κ3) is 5.65. The van der Waals surface area contributed by atoms with E-state index in [0.29, 0.717) is 13.0 Å². The molecule has 0 saturated heterocycles. The summed E-state index contributed by atoms with van der Waals surface area (Å²) in [6.45, 7) is 8.83. The second-order valence-electron chi connectivity index (χ2n) is 7.06. The van der Waals surface area contributed by atoms with E-state index in [4.69, 9.17) is 5.73 Å². The standard InChI is InChI=1S/C19H32N2O2P2S2/c1-5-7-13-21-25(23,17(20)8-6-2)14-24(22,18-11-9-15(3)26-18)19-12-10-16(4)27-19/h9-12,17H,5-8,13-14,20H2,1-4H3,(H,21,23). The Hall–Kier alpha value is -0.220. The van der Waals surface area contributed by atoms with Crippen molar-refractivity contribution in [1.29, 1.82) is 0 Å². The van der Waals surface area contributed by atoms with E-state index in [2.05, 4.69) is 12.0 Å². The molecule has 2 rings (SSSR count). The summed E-state index contributed by atoms with van der Waals surface area (Å²) in [5, 5.41) is 3.26. The van der Waals surface area contributed by atoms with Gasteiger partial charge in [-0.3, -0.25) is 5.09 Å². The summed E-state index contributed by atoms with van der Waals surface area (Å²) in [6, 6.07) is 7.87. The molecule has 0 fully saturated rings. The molecule has 2 aromatic heterocycles. The molecule has 0 aliphatic rings. The van der Waals surface area contributed by atoms with Crippen molar-refractivity contribution in [3.8, 4) is 0 Å².